The molecule has 0 saturated carbocycles. The summed E-state index contributed by atoms with van der Waals surface area (Å²) < 4.78 is 5.38. The van der Waals surface area contributed by atoms with Gasteiger partial charge < -0.3 is 25.6 Å². The summed E-state index contributed by atoms with van der Waals surface area (Å²) in [6, 6.07) is 10.1. The first-order valence-corrected chi connectivity index (χ1v) is 11.7. The van der Waals surface area contributed by atoms with E-state index < -0.39 is 5.91 Å². The molecule has 4 atom stereocenters. The van der Waals surface area contributed by atoms with Crippen molar-refractivity contribution in [3.05, 3.63) is 35.9 Å². The second-order valence-corrected chi connectivity index (χ2v) is 9.37. The standard InChI is InChI=1S/C24H34N4O4/c25-22(29)6-7-23(30)28-14-19-12-27(13-20(19)15-28)10-8-21(17-4-2-1-3-5-17)26-24(31)18-9-11-32-16-18/h1-5,18-21H,6-16H2,(H2,25,29)(H,26,31)/t18?,19?,20?,21-/m0/s1. The van der Waals surface area contributed by atoms with E-state index in [9.17, 15) is 14.4 Å². The Morgan fingerprint density at radius 2 is 1.78 bits per heavy atom. The molecule has 1 aromatic carbocycles. The predicted octanol–water partition coefficient (Wildman–Crippen LogP) is 0.926. The average Bonchev–Trinajstić information content (AvgIpc) is 3.52. The molecule has 32 heavy (non-hydrogen) atoms. The van der Waals surface area contributed by atoms with E-state index in [1.54, 1.807) is 0 Å². The summed E-state index contributed by atoms with van der Waals surface area (Å²) >= 11 is 0. The molecule has 0 spiro atoms. The first-order valence-electron chi connectivity index (χ1n) is 11.7. The number of likely N-dealkylation sites (tertiary alicyclic amines) is 2. The second kappa shape index (κ2) is 10.4. The van der Waals surface area contributed by atoms with Crippen LogP contribution in [-0.4, -0.2) is 73.5 Å². The van der Waals surface area contributed by atoms with Crippen LogP contribution in [0.4, 0.5) is 0 Å². The number of amides is 3. The molecule has 1 aromatic rings. The van der Waals surface area contributed by atoms with Crippen molar-refractivity contribution in [2.75, 3.05) is 45.9 Å². The Bertz CT molecular complexity index is 797. The molecule has 0 aliphatic carbocycles. The first-order chi connectivity index (χ1) is 15.5. The molecule has 3 saturated heterocycles. The Kier molecular flexibility index (Phi) is 7.42. The number of carbonyl (C=O) groups is 3. The van der Waals surface area contributed by atoms with Crippen LogP contribution in [0.1, 0.15) is 37.3 Å². The number of primary amides is 1. The summed E-state index contributed by atoms with van der Waals surface area (Å²) in [7, 11) is 0. The van der Waals surface area contributed by atoms with Crippen LogP contribution < -0.4 is 11.1 Å². The third-order valence-corrected chi connectivity index (χ3v) is 7.05. The number of ether oxygens (including phenoxy) is 1. The lowest BCUT2D eigenvalue weighted by molar-refractivity contribution is -0.132. The van der Waals surface area contributed by atoms with Crippen LogP contribution in [0.25, 0.3) is 0 Å². The summed E-state index contributed by atoms with van der Waals surface area (Å²) in [4.78, 5) is 40.3. The minimum atomic E-state index is -0.426. The molecule has 3 unspecified atom stereocenters. The highest BCUT2D eigenvalue weighted by Gasteiger charge is 2.41. The van der Waals surface area contributed by atoms with Crippen LogP contribution >= 0.6 is 0 Å². The van der Waals surface area contributed by atoms with Gasteiger partial charge in [0.25, 0.3) is 0 Å². The van der Waals surface area contributed by atoms with Gasteiger partial charge in [0.15, 0.2) is 0 Å². The summed E-state index contributed by atoms with van der Waals surface area (Å²) in [5, 5.41) is 3.26. The molecule has 0 aromatic heterocycles. The zero-order chi connectivity index (χ0) is 22.5. The van der Waals surface area contributed by atoms with E-state index in [4.69, 9.17) is 10.5 Å². The normalized spacial score (nSPS) is 26.1. The molecule has 3 N–H and O–H groups in total. The van der Waals surface area contributed by atoms with Gasteiger partial charge in [-0.3, -0.25) is 14.4 Å². The van der Waals surface area contributed by atoms with Crippen LogP contribution in [0.2, 0.25) is 0 Å². The topological polar surface area (TPSA) is 105 Å². The molecule has 3 heterocycles. The monoisotopic (exact) mass is 442 g/mol. The van der Waals surface area contributed by atoms with Crippen molar-refractivity contribution in [2.45, 2.75) is 31.7 Å². The van der Waals surface area contributed by atoms with Gasteiger partial charge >= 0.3 is 0 Å². The number of nitrogens with zero attached hydrogens (tertiary/aromatic N) is 2. The Balaban J connectivity index is 1.28. The highest BCUT2D eigenvalue weighted by Crippen LogP contribution is 2.32. The van der Waals surface area contributed by atoms with E-state index in [0.29, 0.717) is 25.0 Å². The summed E-state index contributed by atoms with van der Waals surface area (Å²) in [5.74, 6) is 0.600. The van der Waals surface area contributed by atoms with Crippen molar-refractivity contribution < 1.29 is 19.1 Å². The fraction of sp³-hybridized carbons (Fsp3) is 0.625. The molecule has 174 valence electrons. The number of benzene rings is 1. The summed E-state index contributed by atoms with van der Waals surface area (Å²) in [5.41, 5.74) is 6.30. The van der Waals surface area contributed by atoms with Gasteiger partial charge in [0.05, 0.1) is 18.6 Å². The van der Waals surface area contributed by atoms with Gasteiger partial charge in [-0.05, 0) is 30.2 Å². The minimum absolute atomic E-state index is 0.0170. The largest absolute Gasteiger partial charge is 0.381 e. The summed E-state index contributed by atoms with van der Waals surface area (Å²) in [6.45, 7) is 5.54. The molecule has 4 rings (SSSR count). The summed E-state index contributed by atoms with van der Waals surface area (Å²) in [6.07, 6.45) is 1.97. The zero-order valence-electron chi connectivity index (χ0n) is 18.6. The van der Waals surface area contributed by atoms with E-state index in [-0.39, 0.29) is 36.6 Å². The van der Waals surface area contributed by atoms with E-state index in [1.807, 2.05) is 23.1 Å². The number of fused-ring (bicyclic) bond motifs is 1. The van der Waals surface area contributed by atoms with E-state index in [1.165, 1.54) is 0 Å². The lowest BCUT2D eigenvalue weighted by atomic mass is 10.0. The number of rotatable bonds is 9. The van der Waals surface area contributed by atoms with Crippen LogP contribution in [0.15, 0.2) is 30.3 Å². The van der Waals surface area contributed by atoms with E-state index in [0.717, 1.165) is 51.1 Å². The van der Waals surface area contributed by atoms with Gasteiger partial charge in [0.2, 0.25) is 17.7 Å². The highest BCUT2D eigenvalue weighted by atomic mass is 16.5. The molecule has 3 amide bonds. The first kappa shape index (κ1) is 22.7. The maximum absolute atomic E-state index is 12.7. The van der Waals surface area contributed by atoms with Gasteiger partial charge in [0.1, 0.15) is 0 Å². The smallest absolute Gasteiger partial charge is 0.226 e. The molecular formula is C24H34N4O4. The molecular weight excluding hydrogens is 408 g/mol. The predicted molar refractivity (Wildman–Crippen MR) is 119 cm³/mol. The number of carbonyl (C=O) groups excluding carboxylic acids is 3. The number of hydrogen-bond donors (Lipinski definition) is 2. The van der Waals surface area contributed by atoms with Gasteiger partial charge in [-0.15, -0.1) is 0 Å². The molecule has 3 aliphatic heterocycles. The van der Waals surface area contributed by atoms with Gasteiger partial charge in [-0.1, -0.05) is 30.3 Å². The van der Waals surface area contributed by atoms with Gasteiger partial charge in [-0.25, -0.2) is 0 Å². The maximum Gasteiger partial charge on any atom is 0.226 e. The molecule has 8 heteroatoms. The van der Waals surface area contributed by atoms with Crippen LogP contribution in [0, 0.1) is 17.8 Å². The second-order valence-electron chi connectivity index (χ2n) is 9.37. The van der Waals surface area contributed by atoms with Crippen molar-refractivity contribution >= 4 is 17.7 Å². The van der Waals surface area contributed by atoms with E-state index >= 15 is 0 Å². The number of nitrogens with two attached hydrogens (primary N) is 1. The Morgan fingerprint density at radius 1 is 1.06 bits per heavy atom. The number of nitrogens with one attached hydrogen (secondary N) is 1. The molecule has 3 fully saturated rings. The van der Waals surface area contributed by atoms with Crippen molar-refractivity contribution in [2.24, 2.45) is 23.5 Å². The number of hydrogen-bond acceptors (Lipinski definition) is 5. The van der Waals surface area contributed by atoms with Crippen LogP contribution in [-0.2, 0) is 19.1 Å². The van der Waals surface area contributed by atoms with E-state index in [2.05, 4.69) is 22.3 Å². The van der Waals surface area contributed by atoms with Gasteiger partial charge in [-0.2, -0.15) is 0 Å². The Morgan fingerprint density at radius 3 is 2.41 bits per heavy atom. The third-order valence-electron chi connectivity index (χ3n) is 7.05. The van der Waals surface area contributed by atoms with Crippen molar-refractivity contribution in [3.63, 3.8) is 0 Å². The molecule has 3 aliphatic rings. The third kappa shape index (κ3) is 5.66. The lowest BCUT2D eigenvalue weighted by Gasteiger charge is -2.25. The SMILES string of the molecule is NC(=O)CCC(=O)N1CC2CN(CC[C@H](NC(=O)C3CCOC3)c3ccccc3)CC2C1. The molecule has 0 bridgehead atoms. The van der Waals surface area contributed by atoms with Crippen LogP contribution in [0.3, 0.4) is 0 Å². The molecule has 0 radical (unpaired) electrons. The van der Waals surface area contributed by atoms with Crippen molar-refractivity contribution in [3.8, 4) is 0 Å². The lowest BCUT2D eigenvalue weighted by Crippen LogP contribution is -2.37. The zero-order valence-corrected chi connectivity index (χ0v) is 18.6. The minimum Gasteiger partial charge on any atom is -0.381 e. The Hall–Kier alpha value is -2.45. The fourth-order valence-corrected chi connectivity index (χ4v) is 5.21. The van der Waals surface area contributed by atoms with Crippen molar-refractivity contribution in [1.29, 1.82) is 0 Å². The maximum atomic E-state index is 12.7. The van der Waals surface area contributed by atoms with Gasteiger partial charge in [0, 0.05) is 52.2 Å². The fourth-order valence-electron chi connectivity index (χ4n) is 5.21. The molecule has 8 nitrogen and oxygen atoms in total. The average molecular weight is 443 g/mol. The quantitative estimate of drug-likeness (QED) is 0.592. The van der Waals surface area contributed by atoms with Crippen LogP contribution in [0.5, 0.6) is 0 Å². The van der Waals surface area contributed by atoms with Crippen molar-refractivity contribution in [1.82, 2.24) is 15.1 Å². The Labute approximate surface area is 189 Å². The highest BCUT2D eigenvalue weighted by molar-refractivity contribution is 5.83.